The van der Waals surface area contributed by atoms with Crippen LogP contribution in [0.3, 0.4) is 0 Å². The number of anilines is 1. The van der Waals surface area contributed by atoms with Crippen molar-refractivity contribution in [2.24, 2.45) is 5.92 Å². The summed E-state index contributed by atoms with van der Waals surface area (Å²) in [6, 6.07) is 5.10. The second-order valence-corrected chi connectivity index (χ2v) is 7.57. The van der Waals surface area contributed by atoms with Gasteiger partial charge in [0.25, 0.3) is 0 Å². The summed E-state index contributed by atoms with van der Waals surface area (Å²) in [6.45, 7) is -0.253. The normalized spacial score (nSPS) is 29.3. The van der Waals surface area contributed by atoms with Crippen molar-refractivity contribution in [3.05, 3.63) is 24.2 Å². The summed E-state index contributed by atoms with van der Waals surface area (Å²) in [5, 5.41) is 35.1. The largest absolute Gasteiger partial charge is 0.463 e. The van der Waals surface area contributed by atoms with Gasteiger partial charge in [0.15, 0.2) is 5.82 Å². The fourth-order valence-corrected chi connectivity index (χ4v) is 4.17. The van der Waals surface area contributed by atoms with Crippen molar-refractivity contribution >= 4 is 29.7 Å². The molecular formula is C19H24ClN5O5. The van der Waals surface area contributed by atoms with Gasteiger partial charge in [-0.05, 0) is 25.0 Å². The van der Waals surface area contributed by atoms with Gasteiger partial charge in [-0.25, -0.2) is 9.50 Å². The lowest BCUT2D eigenvalue weighted by molar-refractivity contribution is -0.156. The highest BCUT2D eigenvalue weighted by atomic mass is 35.5. The molecule has 2 aromatic heterocycles. The van der Waals surface area contributed by atoms with E-state index in [0.717, 1.165) is 32.1 Å². The predicted molar refractivity (Wildman–Crippen MR) is 106 cm³/mol. The van der Waals surface area contributed by atoms with Gasteiger partial charge >= 0.3 is 5.97 Å². The zero-order valence-electron chi connectivity index (χ0n) is 16.2. The molecule has 0 radical (unpaired) electrons. The quantitative estimate of drug-likeness (QED) is 0.585. The monoisotopic (exact) mass is 437 g/mol. The minimum atomic E-state index is -1.89. The topological polar surface area (TPSA) is 156 Å². The Morgan fingerprint density at radius 3 is 2.80 bits per heavy atom. The molecule has 4 N–H and O–H groups in total. The second-order valence-electron chi connectivity index (χ2n) is 7.57. The zero-order valence-corrected chi connectivity index (χ0v) is 17.0. The maximum atomic E-state index is 12.3. The van der Waals surface area contributed by atoms with E-state index in [9.17, 15) is 20.3 Å². The molecule has 1 saturated carbocycles. The number of aliphatic hydroxyl groups is 2. The van der Waals surface area contributed by atoms with Gasteiger partial charge in [0, 0.05) is 0 Å². The van der Waals surface area contributed by atoms with Gasteiger partial charge in [0.05, 0.1) is 11.6 Å². The lowest BCUT2D eigenvalue weighted by atomic mass is 9.89. The van der Waals surface area contributed by atoms with Gasteiger partial charge in [0.2, 0.25) is 5.60 Å². The summed E-state index contributed by atoms with van der Waals surface area (Å²) < 4.78 is 12.5. The Hall–Kier alpha value is -2.45. The molecular weight excluding hydrogens is 414 g/mol. The first-order chi connectivity index (χ1) is 14.0. The Bertz CT molecular complexity index is 956. The number of nitrogens with two attached hydrogens (primary N) is 1. The lowest BCUT2D eigenvalue weighted by Crippen LogP contribution is -2.41. The van der Waals surface area contributed by atoms with Gasteiger partial charge in [0.1, 0.15) is 42.8 Å². The summed E-state index contributed by atoms with van der Waals surface area (Å²) in [7, 11) is 0. The fourth-order valence-electron chi connectivity index (χ4n) is 4.17. The molecule has 2 aromatic rings. The number of carbonyl (C=O) groups excluding carboxylic acids is 1. The van der Waals surface area contributed by atoms with Crippen molar-refractivity contribution < 1.29 is 24.5 Å². The van der Waals surface area contributed by atoms with E-state index >= 15 is 0 Å². The zero-order chi connectivity index (χ0) is 20.6. The standard InChI is InChI=1S/C19H23N5O5.ClH/c20-9-19(14-7-6-12-17(21)22-10-23-24(12)14)16(26)15(25)13(29-19)8-28-18(27)11-4-2-1-3-5-11;/h6-7,10-11,13,15-16,25-26H,1-5,8H2,(H2,21,22,23);1H/t13-,15-,16-,19+;/m1./s1. The van der Waals surface area contributed by atoms with E-state index in [-0.39, 0.29) is 42.4 Å². The molecule has 162 valence electrons. The number of fused-ring (bicyclic) bond motifs is 1. The average molecular weight is 438 g/mol. The van der Waals surface area contributed by atoms with Gasteiger partial charge in [-0.3, -0.25) is 4.79 Å². The van der Waals surface area contributed by atoms with Gasteiger partial charge in [-0.1, -0.05) is 19.3 Å². The fraction of sp³-hybridized carbons (Fsp3) is 0.579. The molecule has 10 nitrogen and oxygen atoms in total. The van der Waals surface area contributed by atoms with E-state index in [0.29, 0.717) is 5.52 Å². The van der Waals surface area contributed by atoms with Crippen molar-refractivity contribution in [3.8, 4) is 6.07 Å². The maximum Gasteiger partial charge on any atom is 0.309 e. The molecule has 1 aliphatic heterocycles. The lowest BCUT2D eigenvalue weighted by Gasteiger charge is -2.24. The number of nitriles is 1. The summed E-state index contributed by atoms with van der Waals surface area (Å²) in [5.41, 5.74) is 4.58. The maximum absolute atomic E-state index is 12.3. The average Bonchev–Trinajstić information content (AvgIpc) is 3.29. The van der Waals surface area contributed by atoms with E-state index in [1.165, 1.54) is 16.9 Å². The molecule has 0 amide bonds. The number of esters is 1. The van der Waals surface area contributed by atoms with Crippen LogP contribution in [0.1, 0.15) is 37.8 Å². The van der Waals surface area contributed by atoms with Crippen molar-refractivity contribution in [3.63, 3.8) is 0 Å². The Labute approximate surface area is 179 Å². The van der Waals surface area contributed by atoms with Crippen LogP contribution in [0.15, 0.2) is 18.5 Å². The van der Waals surface area contributed by atoms with E-state index in [1.807, 2.05) is 6.07 Å². The number of ether oxygens (including phenoxy) is 2. The Morgan fingerprint density at radius 2 is 2.10 bits per heavy atom. The van der Waals surface area contributed by atoms with Crippen molar-refractivity contribution in [2.75, 3.05) is 12.3 Å². The predicted octanol–water partition coefficient (Wildman–Crippen LogP) is 0.696. The first-order valence-electron chi connectivity index (χ1n) is 9.68. The highest BCUT2D eigenvalue weighted by molar-refractivity contribution is 5.85. The molecule has 0 unspecified atom stereocenters. The molecule has 11 heteroatoms. The van der Waals surface area contributed by atoms with Crippen LogP contribution < -0.4 is 5.73 Å². The van der Waals surface area contributed by atoms with Crippen LogP contribution in [-0.2, 0) is 19.9 Å². The number of rotatable bonds is 4. The minimum absolute atomic E-state index is 0. The Kier molecular flexibility index (Phi) is 6.47. The molecule has 0 aromatic carbocycles. The molecule has 1 aliphatic carbocycles. The highest BCUT2D eigenvalue weighted by Gasteiger charge is 2.57. The SMILES string of the molecule is Cl.N#C[C@@]1(c2ccc3c(N)ncnn23)O[C@H](COC(=O)C2CCCCC2)[C@@H](O)[C@H]1O. The van der Waals surface area contributed by atoms with Crippen LogP contribution in [-0.4, -0.2) is 55.7 Å². The summed E-state index contributed by atoms with van der Waals surface area (Å²) in [6.07, 6.45) is 1.85. The number of nitrogen functional groups attached to an aromatic ring is 1. The van der Waals surface area contributed by atoms with Gasteiger partial charge in [-0.15, -0.1) is 12.4 Å². The number of nitrogens with zero attached hydrogens (tertiary/aromatic N) is 4. The number of hydrogen-bond donors (Lipinski definition) is 3. The summed E-state index contributed by atoms with van der Waals surface area (Å²) >= 11 is 0. The van der Waals surface area contributed by atoms with E-state index < -0.39 is 23.9 Å². The molecule has 2 aliphatic rings. The molecule has 1 saturated heterocycles. The van der Waals surface area contributed by atoms with Crippen LogP contribution >= 0.6 is 12.4 Å². The number of halogens is 1. The van der Waals surface area contributed by atoms with Crippen molar-refractivity contribution in [1.82, 2.24) is 14.6 Å². The molecule has 2 fully saturated rings. The smallest absolute Gasteiger partial charge is 0.309 e. The van der Waals surface area contributed by atoms with Crippen molar-refractivity contribution in [1.29, 1.82) is 5.26 Å². The van der Waals surface area contributed by atoms with Gasteiger partial charge < -0.3 is 25.4 Å². The van der Waals surface area contributed by atoms with E-state index in [4.69, 9.17) is 15.2 Å². The van der Waals surface area contributed by atoms with Crippen LogP contribution in [0.25, 0.3) is 5.52 Å². The number of aromatic nitrogens is 3. The van der Waals surface area contributed by atoms with E-state index in [2.05, 4.69) is 10.1 Å². The third-order valence-corrected chi connectivity index (χ3v) is 5.81. The third-order valence-electron chi connectivity index (χ3n) is 5.81. The third kappa shape index (κ3) is 3.58. The number of aliphatic hydroxyl groups excluding tert-OH is 2. The van der Waals surface area contributed by atoms with Crippen molar-refractivity contribution in [2.45, 2.75) is 56.0 Å². The molecule has 4 rings (SSSR count). The first-order valence-corrected chi connectivity index (χ1v) is 9.68. The molecule has 3 heterocycles. The number of carbonyl (C=O) groups is 1. The Morgan fingerprint density at radius 1 is 1.37 bits per heavy atom. The number of hydrogen-bond acceptors (Lipinski definition) is 9. The first kappa shape index (κ1) is 22.2. The Balaban J connectivity index is 0.00000256. The van der Waals surface area contributed by atoms with Gasteiger partial charge in [-0.2, -0.15) is 10.4 Å². The molecule has 30 heavy (non-hydrogen) atoms. The second kappa shape index (κ2) is 8.73. The molecule has 4 atom stereocenters. The van der Waals surface area contributed by atoms with Crippen LogP contribution in [0, 0.1) is 17.2 Å². The minimum Gasteiger partial charge on any atom is -0.463 e. The molecule has 0 bridgehead atoms. The van der Waals surface area contributed by atoms with Crippen LogP contribution in [0.2, 0.25) is 0 Å². The summed E-state index contributed by atoms with van der Waals surface area (Å²) in [4.78, 5) is 16.2. The highest BCUT2D eigenvalue weighted by Crippen LogP contribution is 2.40. The van der Waals surface area contributed by atoms with E-state index in [1.54, 1.807) is 6.07 Å². The molecule has 0 spiro atoms. The van der Waals surface area contributed by atoms with Crippen LogP contribution in [0.4, 0.5) is 5.82 Å². The summed E-state index contributed by atoms with van der Waals surface area (Å²) in [5.74, 6) is -0.286. The van der Waals surface area contributed by atoms with Crippen LogP contribution in [0.5, 0.6) is 0 Å².